The van der Waals surface area contributed by atoms with E-state index in [0.717, 1.165) is 4.57 Å². The Morgan fingerprint density at radius 1 is 1.29 bits per heavy atom. The highest BCUT2D eigenvalue weighted by molar-refractivity contribution is 5.46. The second-order valence-corrected chi connectivity index (χ2v) is 2.77. The first kappa shape index (κ1) is 8.54. The smallest absolute Gasteiger partial charge is 0.267 e. The number of rotatable bonds is 0. The normalized spacial score (nSPS) is 10.7. The van der Waals surface area contributed by atoms with Gasteiger partial charge in [0, 0.05) is 14.1 Å². The van der Waals surface area contributed by atoms with Gasteiger partial charge in [-0.3, -0.25) is 9.36 Å². The van der Waals surface area contributed by atoms with Crippen molar-refractivity contribution >= 4 is 0 Å². The van der Waals surface area contributed by atoms with Crippen molar-refractivity contribution in [3.8, 4) is 11.5 Å². The lowest BCUT2D eigenvalue weighted by Gasteiger charge is -2.06. The van der Waals surface area contributed by atoms with Crippen LogP contribution in [-0.2, 0) is 14.1 Å². The summed E-state index contributed by atoms with van der Waals surface area (Å²) in [5.74, 6) is 0.164. The lowest BCUT2D eigenvalue weighted by molar-refractivity contribution is 0.670. The van der Waals surface area contributed by atoms with Crippen LogP contribution in [0, 0.1) is 6.33 Å². The minimum Gasteiger partial charge on any atom is -0.267 e. The molecule has 0 atom stereocenters. The van der Waals surface area contributed by atoms with Crippen LogP contribution in [0.2, 0.25) is 0 Å². The van der Waals surface area contributed by atoms with Crippen molar-refractivity contribution in [1.82, 2.24) is 24.3 Å². The molecule has 0 fully saturated rings. The van der Waals surface area contributed by atoms with Gasteiger partial charge in [-0.2, -0.15) is 4.98 Å². The predicted octanol–water partition coefficient (Wildman–Crippen LogP) is -1.83. The number of hydrogen-bond donors (Lipinski definition) is 0. The quantitative estimate of drug-likeness (QED) is 0.495. The highest BCUT2D eigenvalue weighted by Crippen LogP contribution is 2.03. The Labute approximate surface area is 78.0 Å². The van der Waals surface area contributed by atoms with E-state index >= 15 is 0 Å². The lowest BCUT2D eigenvalue weighted by atomic mass is 11.0. The third kappa shape index (κ3) is 1.02. The second kappa shape index (κ2) is 2.72. The zero-order chi connectivity index (χ0) is 10.3. The van der Waals surface area contributed by atoms with Gasteiger partial charge in [0.05, 0.1) is 0 Å². The monoisotopic (exact) mass is 196 g/mol. The summed E-state index contributed by atoms with van der Waals surface area (Å²) in [6.07, 6.45) is 2.30. The number of fused-ring (bicyclic) bond motifs is 1. The molecule has 0 saturated heterocycles. The van der Waals surface area contributed by atoms with Crippen LogP contribution < -0.4 is 11.2 Å². The molecule has 7 heteroatoms. The van der Waals surface area contributed by atoms with Gasteiger partial charge in [-0.05, 0) is 0 Å². The Balaban J connectivity index is 3.05. The molecule has 0 aliphatic carbocycles. The molecule has 0 N–H and O–H groups in total. The minimum atomic E-state index is -0.618. The molecule has 1 radical (unpaired) electrons. The fourth-order valence-corrected chi connectivity index (χ4v) is 1.07. The molecular formula is C7H6N5O2. The third-order valence-corrected chi connectivity index (χ3v) is 1.87. The molecule has 0 amide bonds. The zero-order valence-corrected chi connectivity index (χ0v) is 7.55. The topological polar surface area (TPSA) is 82.7 Å². The summed E-state index contributed by atoms with van der Waals surface area (Å²) in [7, 11) is 2.91. The molecule has 2 aliphatic rings. The summed E-state index contributed by atoms with van der Waals surface area (Å²) >= 11 is 0. The van der Waals surface area contributed by atoms with E-state index in [9.17, 15) is 9.59 Å². The number of aromatic nitrogens is 5. The van der Waals surface area contributed by atoms with Crippen molar-refractivity contribution in [2.75, 3.05) is 0 Å². The Morgan fingerprint density at radius 3 is 2.71 bits per heavy atom. The van der Waals surface area contributed by atoms with Crippen molar-refractivity contribution in [3.05, 3.63) is 27.2 Å². The lowest BCUT2D eigenvalue weighted by Crippen LogP contribution is -2.36. The van der Waals surface area contributed by atoms with E-state index in [2.05, 4.69) is 21.4 Å². The molecule has 2 heterocycles. The number of aryl methyl sites for hydroxylation is 1. The Bertz CT molecular complexity index is 569. The Kier molecular flexibility index (Phi) is 1.66. The SMILES string of the molecule is Cn1n[13c]n[13c]2[13c](=O)n(C)c(=O)n[13c]1-2. The van der Waals surface area contributed by atoms with Crippen LogP contribution in [0.4, 0.5) is 0 Å². The maximum absolute atomic E-state index is 11.5. The highest BCUT2D eigenvalue weighted by atomic mass is 16.2. The van der Waals surface area contributed by atoms with E-state index < -0.39 is 11.2 Å². The average Bonchev–Trinajstić information content (AvgIpc) is 2.17. The predicted molar refractivity (Wildman–Crippen MR) is 45.8 cm³/mol. The van der Waals surface area contributed by atoms with Gasteiger partial charge in [0.1, 0.15) is 0 Å². The van der Waals surface area contributed by atoms with Crippen molar-refractivity contribution in [1.29, 1.82) is 0 Å². The summed E-state index contributed by atoms with van der Waals surface area (Å²) in [5.41, 5.74) is -1.02. The van der Waals surface area contributed by atoms with Crippen molar-refractivity contribution in [2.45, 2.75) is 0 Å². The molecule has 0 aromatic rings. The van der Waals surface area contributed by atoms with Crippen LogP contribution in [0.5, 0.6) is 0 Å². The molecule has 0 saturated carbocycles. The van der Waals surface area contributed by atoms with Gasteiger partial charge >= 0.3 is 5.69 Å². The first-order valence-corrected chi connectivity index (χ1v) is 3.79. The molecule has 2 rings (SSSR count). The third-order valence-electron chi connectivity index (χ3n) is 1.87. The fourth-order valence-electron chi connectivity index (χ4n) is 1.07. The van der Waals surface area contributed by atoms with Gasteiger partial charge in [-0.1, -0.05) is 0 Å². The van der Waals surface area contributed by atoms with E-state index in [-0.39, 0.29) is 11.5 Å². The van der Waals surface area contributed by atoms with E-state index in [1.807, 2.05) is 0 Å². The Hall–Kier alpha value is -2.05. The van der Waals surface area contributed by atoms with E-state index in [0.29, 0.717) is 0 Å². The maximum atomic E-state index is 11.5. The molecule has 0 unspecified atom stereocenters. The van der Waals surface area contributed by atoms with E-state index in [1.165, 1.54) is 11.7 Å². The standard InChI is InChI=1S/C7H6N5O2/c1-11-6(13)4-5(10-7(11)14)12(2)9-3-8-4/h1-2H3/i3+1,4+1,5+1,6+1. The molecule has 0 spiro atoms. The van der Waals surface area contributed by atoms with Crippen LogP contribution in [0.3, 0.4) is 0 Å². The summed E-state index contributed by atoms with van der Waals surface area (Å²) in [6.45, 7) is 0. The maximum Gasteiger partial charge on any atom is 0.352 e. The minimum absolute atomic E-state index is 0.0876. The molecular weight excluding hydrogens is 190 g/mol. The molecule has 0 aromatic carbocycles. The van der Waals surface area contributed by atoms with Gasteiger partial charge in [-0.25, -0.2) is 14.5 Å². The van der Waals surface area contributed by atoms with Gasteiger partial charge in [0.25, 0.3) is 5.56 Å². The largest absolute Gasteiger partial charge is 0.352 e. The highest BCUT2D eigenvalue weighted by Gasteiger charge is 2.15. The second-order valence-electron chi connectivity index (χ2n) is 2.77. The first-order valence-electron chi connectivity index (χ1n) is 3.79. The van der Waals surface area contributed by atoms with Gasteiger partial charge in [0.15, 0.2) is 11.5 Å². The first-order chi connectivity index (χ1) is 6.61. The number of nitrogens with zero attached hydrogens (tertiary/aromatic N) is 5. The van der Waals surface area contributed by atoms with Crippen LogP contribution in [-0.4, -0.2) is 24.3 Å². The van der Waals surface area contributed by atoms with Crippen LogP contribution in [0.15, 0.2) is 9.59 Å². The molecule has 14 heavy (non-hydrogen) atoms. The van der Waals surface area contributed by atoms with Crippen LogP contribution >= 0.6 is 0 Å². The zero-order valence-electron chi connectivity index (χ0n) is 7.55. The van der Waals surface area contributed by atoms with Gasteiger partial charge in [-0.15, -0.1) is 5.10 Å². The fraction of sp³-hybridized carbons (Fsp3) is 0.286. The summed E-state index contributed by atoms with van der Waals surface area (Å²) in [5, 5.41) is 3.65. The molecule has 0 aromatic heterocycles. The van der Waals surface area contributed by atoms with E-state index in [4.69, 9.17) is 0 Å². The van der Waals surface area contributed by atoms with Gasteiger partial charge < -0.3 is 0 Å². The summed E-state index contributed by atoms with van der Waals surface area (Å²) < 4.78 is 2.17. The molecule has 71 valence electrons. The molecule has 7 nitrogen and oxygen atoms in total. The summed E-state index contributed by atoms with van der Waals surface area (Å²) in [6, 6.07) is 0. The van der Waals surface area contributed by atoms with Crippen LogP contribution in [0.1, 0.15) is 0 Å². The molecule has 0 bridgehead atoms. The average molecular weight is 196 g/mol. The van der Waals surface area contributed by atoms with Crippen molar-refractivity contribution in [2.24, 2.45) is 14.1 Å². The Morgan fingerprint density at radius 2 is 2.00 bits per heavy atom. The van der Waals surface area contributed by atoms with Crippen LogP contribution in [0.25, 0.3) is 11.5 Å². The molecule has 2 aliphatic heterocycles. The van der Waals surface area contributed by atoms with Crippen molar-refractivity contribution < 1.29 is 0 Å². The van der Waals surface area contributed by atoms with E-state index in [1.54, 1.807) is 7.05 Å². The van der Waals surface area contributed by atoms with Gasteiger partial charge in [0.2, 0.25) is 6.33 Å². The van der Waals surface area contributed by atoms with Crippen molar-refractivity contribution in [3.63, 3.8) is 0 Å². The number of hydrogen-bond acceptors (Lipinski definition) is 5. The summed E-state index contributed by atoms with van der Waals surface area (Å²) in [4.78, 5) is 30.0.